The predicted molar refractivity (Wildman–Crippen MR) is 85.1 cm³/mol. The number of phenolic OH excluding ortho intramolecular Hbond substituents is 1. The number of nitrogens with one attached hydrogen (secondary N) is 1. The van der Waals surface area contributed by atoms with Gasteiger partial charge in [-0.1, -0.05) is 38.3 Å². The molecule has 0 bridgehead atoms. The molecule has 1 aliphatic carbocycles. The van der Waals surface area contributed by atoms with Crippen LogP contribution >= 0.6 is 0 Å². The van der Waals surface area contributed by atoms with E-state index in [2.05, 4.69) is 19.2 Å². The van der Waals surface area contributed by atoms with Crippen LogP contribution in [0.2, 0.25) is 0 Å². The van der Waals surface area contributed by atoms with Gasteiger partial charge in [-0.25, -0.2) is 0 Å². The molecule has 0 aliphatic heterocycles. The SMILES string of the molecule is CC(CCc1ccc(O)cc1)NCC1(C)CCCCC1. The zero-order chi connectivity index (χ0) is 14.4. The number of phenols is 1. The largest absolute Gasteiger partial charge is 0.508 e. The Hall–Kier alpha value is -1.02. The Labute approximate surface area is 123 Å². The molecular formula is C18H29NO. The first-order valence-electron chi connectivity index (χ1n) is 8.09. The molecule has 1 aromatic carbocycles. The first kappa shape index (κ1) is 15.4. The lowest BCUT2D eigenvalue weighted by Crippen LogP contribution is -2.38. The van der Waals surface area contributed by atoms with E-state index < -0.39 is 0 Å². The Morgan fingerprint density at radius 2 is 1.80 bits per heavy atom. The molecule has 1 fully saturated rings. The van der Waals surface area contributed by atoms with E-state index in [0.29, 0.717) is 17.2 Å². The van der Waals surface area contributed by atoms with Gasteiger partial charge in [0.15, 0.2) is 0 Å². The molecule has 112 valence electrons. The molecule has 2 rings (SSSR count). The van der Waals surface area contributed by atoms with Gasteiger partial charge in [0.1, 0.15) is 5.75 Å². The van der Waals surface area contributed by atoms with Gasteiger partial charge in [0.05, 0.1) is 0 Å². The zero-order valence-electron chi connectivity index (χ0n) is 13.0. The smallest absolute Gasteiger partial charge is 0.115 e. The molecule has 1 saturated carbocycles. The summed E-state index contributed by atoms with van der Waals surface area (Å²) >= 11 is 0. The van der Waals surface area contributed by atoms with E-state index in [1.165, 1.54) is 37.7 Å². The summed E-state index contributed by atoms with van der Waals surface area (Å²) in [6, 6.07) is 8.14. The van der Waals surface area contributed by atoms with Gasteiger partial charge >= 0.3 is 0 Å². The summed E-state index contributed by atoms with van der Waals surface area (Å²) in [5.74, 6) is 0.352. The third-order valence-electron chi connectivity index (χ3n) is 4.74. The molecule has 2 N–H and O–H groups in total. The fourth-order valence-corrected chi connectivity index (χ4v) is 3.15. The van der Waals surface area contributed by atoms with E-state index in [1.54, 1.807) is 12.1 Å². The predicted octanol–water partition coefficient (Wildman–Crippen LogP) is 4.27. The highest BCUT2D eigenvalue weighted by molar-refractivity contribution is 5.25. The molecular weight excluding hydrogens is 246 g/mol. The first-order valence-corrected chi connectivity index (χ1v) is 8.09. The summed E-state index contributed by atoms with van der Waals surface area (Å²) in [4.78, 5) is 0. The van der Waals surface area contributed by atoms with Crippen LogP contribution in [0, 0.1) is 5.41 Å². The Morgan fingerprint density at radius 1 is 1.15 bits per heavy atom. The van der Waals surface area contributed by atoms with E-state index >= 15 is 0 Å². The third kappa shape index (κ3) is 4.82. The van der Waals surface area contributed by atoms with Crippen LogP contribution in [0.25, 0.3) is 0 Å². The number of hydrogen-bond donors (Lipinski definition) is 2. The lowest BCUT2D eigenvalue weighted by atomic mass is 9.75. The van der Waals surface area contributed by atoms with E-state index in [9.17, 15) is 5.11 Å². The topological polar surface area (TPSA) is 32.3 Å². The van der Waals surface area contributed by atoms with Gasteiger partial charge in [0.2, 0.25) is 0 Å². The molecule has 1 aliphatic rings. The fourth-order valence-electron chi connectivity index (χ4n) is 3.15. The maximum absolute atomic E-state index is 9.28. The van der Waals surface area contributed by atoms with E-state index in [-0.39, 0.29) is 0 Å². The van der Waals surface area contributed by atoms with Gasteiger partial charge < -0.3 is 10.4 Å². The Morgan fingerprint density at radius 3 is 2.45 bits per heavy atom. The van der Waals surface area contributed by atoms with Crippen LogP contribution in [0.4, 0.5) is 0 Å². The molecule has 0 radical (unpaired) electrons. The van der Waals surface area contributed by atoms with Crippen molar-refractivity contribution in [3.63, 3.8) is 0 Å². The highest BCUT2D eigenvalue weighted by Crippen LogP contribution is 2.35. The average molecular weight is 275 g/mol. The minimum absolute atomic E-state index is 0.352. The summed E-state index contributed by atoms with van der Waals surface area (Å²) in [5.41, 5.74) is 1.82. The van der Waals surface area contributed by atoms with Crippen molar-refractivity contribution in [1.29, 1.82) is 0 Å². The Kier molecular flexibility index (Phi) is 5.47. The number of rotatable bonds is 6. The van der Waals surface area contributed by atoms with Gasteiger partial charge in [-0.2, -0.15) is 0 Å². The molecule has 0 spiro atoms. The van der Waals surface area contributed by atoms with Crippen molar-refractivity contribution < 1.29 is 5.11 Å². The minimum Gasteiger partial charge on any atom is -0.508 e. The second-order valence-electron chi connectivity index (χ2n) is 6.86. The molecule has 0 amide bonds. The summed E-state index contributed by atoms with van der Waals surface area (Å²) in [6.45, 7) is 5.88. The summed E-state index contributed by atoms with van der Waals surface area (Å²) < 4.78 is 0. The van der Waals surface area contributed by atoms with Gasteiger partial charge in [-0.05, 0) is 55.7 Å². The average Bonchev–Trinajstić information content (AvgIpc) is 2.45. The van der Waals surface area contributed by atoms with Crippen LogP contribution in [0.5, 0.6) is 5.75 Å². The second kappa shape index (κ2) is 7.12. The zero-order valence-corrected chi connectivity index (χ0v) is 13.0. The highest BCUT2D eigenvalue weighted by Gasteiger charge is 2.26. The monoisotopic (exact) mass is 275 g/mol. The quantitative estimate of drug-likeness (QED) is 0.812. The van der Waals surface area contributed by atoms with Crippen LogP contribution in [0.3, 0.4) is 0 Å². The number of aromatic hydroxyl groups is 1. The summed E-state index contributed by atoms with van der Waals surface area (Å²) in [6.07, 6.45) is 9.22. The summed E-state index contributed by atoms with van der Waals surface area (Å²) in [7, 11) is 0. The molecule has 2 heteroatoms. The molecule has 1 unspecified atom stereocenters. The number of aryl methyl sites for hydroxylation is 1. The van der Waals surface area contributed by atoms with Gasteiger partial charge in [-0.15, -0.1) is 0 Å². The number of hydrogen-bond acceptors (Lipinski definition) is 2. The molecule has 0 saturated heterocycles. The molecule has 0 aromatic heterocycles. The van der Waals surface area contributed by atoms with Crippen LogP contribution in [-0.2, 0) is 6.42 Å². The second-order valence-corrected chi connectivity index (χ2v) is 6.86. The summed E-state index contributed by atoms with van der Waals surface area (Å²) in [5, 5.41) is 13.0. The van der Waals surface area contributed by atoms with Crippen LogP contribution in [0.15, 0.2) is 24.3 Å². The van der Waals surface area contributed by atoms with Crippen molar-refractivity contribution in [3.05, 3.63) is 29.8 Å². The lowest BCUT2D eigenvalue weighted by Gasteiger charge is -2.35. The van der Waals surface area contributed by atoms with Crippen LogP contribution in [-0.4, -0.2) is 17.7 Å². The van der Waals surface area contributed by atoms with E-state index in [4.69, 9.17) is 0 Å². The Balaban J connectivity index is 1.69. The van der Waals surface area contributed by atoms with Gasteiger partial charge in [-0.3, -0.25) is 0 Å². The van der Waals surface area contributed by atoms with Crippen molar-refractivity contribution in [2.24, 2.45) is 5.41 Å². The lowest BCUT2D eigenvalue weighted by molar-refractivity contribution is 0.200. The van der Waals surface area contributed by atoms with Crippen molar-refractivity contribution >= 4 is 0 Å². The van der Waals surface area contributed by atoms with Crippen molar-refractivity contribution in [3.8, 4) is 5.75 Å². The van der Waals surface area contributed by atoms with Crippen LogP contribution in [0.1, 0.15) is 57.9 Å². The van der Waals surface area contributed by atoms with Crippen molar-refractivity contribution in [2.75, 3.05) is 6.54 Å². The van der Waals surface area contributed by atoms with Gasteiger partial charge in [0, 0.05) is 12.6 Å². The van der Waals surface area contributed by atoms with E-state index in [0.717, 1.165) is 19.4 Å². The molecule has 1 aromatic rings. The molecule has 1 atom stereocenters. The van der Waals surface area contributed by atoms with Crippen LogP contribution < -0.4 is 5.32 Å². The standard InChI is InChI=1S/C18H29NO/c1-15(6-7-16-8-10-17(20)11-9-16)19-14-18(2)12-4-3-5-13-18/h8-11,15,19-20H,3-7,12-14H2,1-2H3. The maximum Gasteiger partial charge on any atom is 0.115 e. The minimum atomic E-state index is 0.352. The van der Waals surface area contributed by atoms with Crippen molar-refractivity contribution in [1.82, 2.24) is 5.32 Å². The van der Waals surface area contributed by atoms with Gasteiger partial charge in [0.25, 0.3) is 0 Å². The normalized spacial score (nSPS) is 19.7. The molecule has 20 heavy (non-hydrogen) atoms. The highest BCUT2D eigenvalue weighted by atomic mass is 16.3. The Bertz CT molecular complexity index is 392. The maximum atomic E-state index is 9.28. The third-order valence-corrected chi connectivity index (χ3v) is 4.74. The van der Waals surface area contributed by atoms with Crippen molar-refractivity contribution in [2.45, 2.75) is 64.8 Å². The molecule has 0 heterocycles. The molecule has 2 nitrogen and oxygen atoms in total. The fraction of sp³-hybridized carbons (Fsp3) is 0.667. The number of benzene rings is 1. The first-order chi connectivity index (χ1) is 9.57. The van der Waals surface area contributed by atoms with E-state index in [1.807, 2.05) is 12.1 Å².